The second-order valence-electron chi connectivity index (χ2n) is 6.74. The Kier molecular flexibility index (Phi) is 4.24. The molecule has 4 aromatic rings. The zero-order valence-electron chi connectivity index (χ0n) is 15.5. The molecular weight excluding hydrogens is 340 g/mol. The van der Waals surface area contributed by atoms with Crippen LogP contribution in [0.2, 0.25) is 0 Å². The van der Waals surface area contributed by atoms with E-state index in [0.29, 0.717) is 11.8 Å². The fraction of sp³-hybridized carbons (Fsp3) is 0.190. The molecule has 0 radical (unpaired) electrons. The molecule has 6 nitrogen and oxygen atoms in total. The van der Waals surface area contributed by atoms with Gasteiger partial charge in [-0.15, -0.1) is 10.2 Å². The first-order valence-corrected chi connectivity index (χ1v) is 8.76. The lowest BCUT2D eigenvalue weighted by atomic mass is 10.1. The highest BCUT2D eigenvalue weighted by Crippen LogP contribution is 2.29. The van der Waals surface area contributed by atoms with Gasteiger partial charge in [0.15, 0.2) is 0 Å². The number of para-hydroxylation sites is 1. The number of rotatable bonds is 4. The van der Waals surface area contributed by atoms with E-state index in [1.165, 1.54) is 0 Å². The number of amides is 1. The third-order valence-electron chi connectivity index (χ3n) is 4.36. The maximum atomic E-state index is 12.6. The maximum Gasteiger partial charge on any atom is 0.249 e. The first-order chi connectivity index (χ1) is 13.0. The van der Waals surface area contributed by atoms with Crippen LogP contribution < -0.4 is 5.32 Å². The van der Waals surface area contributed by atoms with Gasteiger partial charge in [0, 0.05) is 29.7 Å². The van der Waals surface area contributed by atoms with Crippen molar-refractivity contribution in [2.24, 2.45) is 0 Å². The molecule has 27 heavy (non-hydrogen) atoms. The van der Waals surface area contributed by atoms with E-state index in [0.717, 1.165) is 33.3 Å². The minimum Gasteiger partial charge on any atom is -0.421 e. The van der Waals surface area contributed by atoms with Crippen LogP contribution in [0.15, 0.2) is 53.1 Å². The van der Waals surface area contributed by atoms with E-state index in [-0.39, 0.29) is 12.5 Å². The highest BCUT2D eigenvalue weighted by molar-refractivity contribution is 5.96. The predicted octanol–water partition coefficient (Wildman–Crippen LogP) is 4.26. The van der Waals surface area contributed by atoms with Crippen molar-refractivity contribution in [1.29, 1.82) is 0 Å². The topological polar surface area (TPSA) is 73.0 Å². The Morgan fingerprint density at radius 2 is 1.81 bits per heavy atom. The molecule has 6 heteroatoms. The quantitative estimate of drug-likeness (QED) is 0.590. The van der Waals surface area contributed by atoms with Gasteiger partial charge in [-0.3, -0.25) is 4.79 Å². The van der Waals surface area contributed by atoms with E-state index in [1.807, 2.05) is 61.0 Å². The van der Waals surface area contributed by atoms with Crippen molar-refractivity contribution < 1.29 is 9.21 Å². The number of benzene rings is 2. The zero-order chi connectivity index (χ0) is 19.0. The van der Waals surface area contributed by atoms with Gasteiger partial charge in [0.2, 0.25) is 17.7 Å². The number of hydrogen-bond donors (Lipinski definition) is 1. The van der Waals surface area contributed by atoms with E-state index >= 15 is 0 Å². The molecule has 0 bridgehead atoms. The third kappa shape index (κ3) is 3.46. The van der Waals surface area contributed by atoms with Crippen LogP contribution in [0.4, 0.5) is 5.69 Å². The fourth-order valence-corrected chi connectivity index (χ4v) is 3.36. The number of fused-ring (bicyclic) bond motifs is 1. The summed E-state index contributed by atoms with van der Waals surface area (Å²) in [5.74, 6) is 0.876. The minimum atomic E-state index is -0.0889. The highest BCUT2D eigenvalue weighted by atomic mass is 16.4. The molecule has 0 saturated heterocycles. The largest absolute Gasteiger partial charge is 0.421 e. The van der Waals surface area contributed by atoms with E-state index in [2.05, 4.69) is 21.6 Å². The Bertz CT molecular complexity index is 1120. The summed E-state index contributed by atoms with van der Waals surface area (Å²) in [4.78, 5) is 12.6. The lowest BCUT2D eigenvalue weighted by Gasteiger charge is -2.09. The van der Waals surface area contributed by atoms with Gasteiger partial charge < -0.3 is 14.3 Å². The van der Waals surface area contributed by atoms with E-state index in [4.69, 9.17) is 4.42 Å². The molecule has 4 rings (SSSR count). The van der Waals surface area contributed by atoms with Gasteiger partial charge in [-0.1, -0.05) is 24.3 Å². The SMILES string of the molecule is Cc1cc(C)cc(NC(=O)Cn2cc(-c3nnc(C)o3)c3ccccc32)c1. The Hall–Kier alpha value is -3.41. The summed E-state index contributed by atoms with van der Waals surface area (Å²) >= 11 is 0. The van der Waals surface area contributed by atoms with Gasteiger partial charge in [0.05, 0.1) is 5.56 Å². The van der Waals surface area contributed by atoms with Crippen LogP contribution in [0.5, 0.6) is 0 Å². The molecule has 0 spiro atoms. The summed E-state index contributed by atoms with van der Waals surface area (Å²) in [5, 5.41) is 12.0. The second kappa shape index (κ2) is 6.72. The summed E-state index contributed by atoms with van der Waals surface area (Å²) < 4.78 is 7.49. The fourth-order valence-electron chi connectivity index (χ4n) is 3.36. The van der Waals surface area contributed by atoms with Crippen LogP contribution in [-0.2, 0) is 11.3 Å². The van der Waals surface area contributed by atoms with Crippen LogP contribution in [0.3, 0.4) is 0 Å². The molecular formula is C21H20N4O2. The molecule has 0 fully saturated rings. The molecule has 0 aliphatic heterocycles. The third-order valence-corrected chi connectivity index (χ3v) is 4.36. The monoisotopic (exact) mass is 360 g/mol. The van der Waals surface area contributed by atoms with Crippen LogP contribution in [0, 0.1) is 20.8 Å². The Balaban J connectivity index is 1.65. The molecule has 0 aliphatic carbocycles. The maximum absolute atomic E-state index is 12.6. The molecule has 0 aliphatic rings. The molecule has 1 N–H and O–H groups in total. The molecule has 136 valence electrons. The van der Waals surface area contributed by atoms with E-state index in [1.54, 1.807) is 6.92 Å². The van der Waals surface area contributed by atoms with Crippen molar-refractivity contribution in [3.8, 4) is 11.5 Å². The molecule has 0 atom stereocenters. The van der Waals surface area contributed by atoms with E-state index < -0.39 is 0 Å². The van der Waals surface area contributed by atoms with Crippen LogP contribution >= 0.6 is 0 Å². The smallest absolute Gasteiger partial charge is 0.249 e. The molecule has 1 amide bonds. The van der Waals surface area contributed by atoms with Gasteiger partial charge in [-0.2, -0.15) is 0 Å². The van der Waals surface area contributed by atoms with E-state index in [9.17, 15) is 4.79 Å². The van der Waals surface area contributed by atoms with Crippen molar-refractivity contribution >= 4 is 22.5 Å². The van der Waals surface area contributed by atoms with Crippen molar-refractivity contribution in [3.05, 3.63) is 65.7 Å². The number of carbonyl (C=O) groups excluding carboxylic acids is 1. The standard InChI is InChI=1S/C21H20N4O2/c1-13-8-14(2)10-16(9-13)22-20(26)12-25-11-18(21-24-23-15(3)27-21)17-6-4-5-7-19(17)25/h4-11H,12H2,1-3H3,(H,22,26). The average Bonchev–Trinajstić information content (AvgIpc) is 3.18. The summed E-state index contributed by atoms with van der Waals surface area (Å²) in [7, 11) is 0. The second-order valence-corrected chi connectivity index (χ2v) is 6.74. The van der Waals surface area contributed by atoms with Gasteiger partial charge in [0.25, 0.3) is 0 Å². The summed E-state index contributed by atoms with van der Waals surface area (Å²) in [6, 6.07) is 13.9. The summed E-state index contributed by atoms with van der Waals surface area (Å²) in [5.41, 5.74) is 4.81. The van der Waals surface area contributed by atoms with Gasteiger partial charge in [0.1, 0.15) is 6.54 Å². The molecule has 0 saturated carbocycles. The van der Waals surface area contributed by atoms with Crippen molar-refractivity contribution in [3.63, 3.8) is 0 Å². The predicted molar refractivity (Wildman–Crippen MR) is 105 cm³/mol. The number of carbonyl (C=O) groups is 1. The molecule has 2 aromatic carbocycles. The van der Waals surface area contributed by atoms with Gasteiger partial charge in [-0.25, -0.2) is 0 Å². The number of hydrogen-bond acceptors (Lipinski definition) is 4. The van der Waals surface area contributed by atoms with Gasteiger partial charge >= 0.3 is 0 Å². The van der Waals surface area contributed by atoms with Crippen molar-refractivity contribution in [1.82, 2.24) is 14.8 Å². The number of anilines is 1. The first-order valence-electron chi connectivity index (χ1n) is 8.76. The highest BCUT2D eigenvalue weighted by Gasteiger charge is 2.16. The van der Waals surface area contributed by atoms with Crippen LogP contribution in [-0.4, -0.2) is 20.7 Å². The number of aromatic nitrogens is 3. The molecule has 0 unspecified atom stereocenters. The normalized spacial score (nSPS) is 11.1. The lowest BCUT2D eigenvalue weighted by molar-refractivity contribution is -0.116. The minimum absolute atomic E-state index is 0.0889. The Labute approximate surface area is 156 Å². The first kappa shape index (κ1) is 17.0. The van der Waals surface area contributed by atoms with Gasteiger partial charge in [-0.05, 0) is 43.2 Å². The van der Waals surface area contributed by atoms with Crippen LogP contribution in [0.1, 0.15) is 17.0 Å². The lowest BCUT2D eigenvalue weighted by Crippen LogP contribution is -2.18. The average molecular weight is 360 g/mol. The summed E-state index contributed by atoms with van der Waals surface area (Å²) in [6.45, 7) is 5.98. The summed E-state index contributed by atoms with van der Waals surface area (Å²) in [6.07, 6.45) is 1.89. The van der Waals surface area contributed by atoms with Crippen LogP contribution in [0.25, 0.3) is 22.4 Å². The number of aryl methyl sites for hydroxylation is 3. The number of nitrogens with zero attached hydrogens (tertiary/aromatic N) is 3. The Morgan fingerprint density at radius 1 is 1.07 bits per heavy atom. The number of nitrogens with one attached hydrogen (secondary N) is 1. The van der Waals surface area contributed by atoms with Crippen molar-refractivity contribution in [2.75, 3.05) is 5.32 Å². The Morgan fingerprint density at radius 3 is 2.52 bits per heavy atom. The van der Waals surface area contributed by atoms with Crippen molar-refractivity contribution in [2.45, 2.75) is 27.3 Å². The molecule has 2 aromatic heterocycles. The molecule has 2 heterocycles. The zero-order valence-corrected chi connectivity index (χ0v) is 15.5.